The minimum atomic E-state index is -2.43. The highest BCUT2D eigenvalue weighted by atomic mass is 28.4. The van der Waals surface area contributed by atoms with Gasteiger partial charge in [0.05, 0.1) is 0 Å². The Morgan fingerprint density at radius 2 is 1.11 bits per heavy atom. The summed E-state index contributed by atoms with van der Waals surface area (Å²) in [6.45, 7) is 4.33. The second kappa shape index (κ2) is 18.5. The van der Waals surface area contributed by atoms with Crippen LogP contribution in [0.4, 0.5) is 9.59 Å². The first-order valence-corrected chi connectivity index (χ1v) is 17.9. The number of carbonyl (C=O) groups is 2. The van der Waals surface area contributed by atoms with Crippen LogP contribution in [0.1, 0.15) is 37.3 Å². The molecule has 7 nitrogen and oxygen atoms in total. The van der Waals surface area contributed by atoms with Gasteiger partial charge in [0.1, 0.15) is 13.2 Å². The summed E-state index contributed by atoms with van der Waals surface area (Å²) in [7, 11) is -2.43. The summed E-state index contributed by atoms with van der Waals surface area (Å²) in [5.74, 6) is 0. The van der Waals surface area contributed by atoms with Crippen LogP contribution in [0.25, 0.3) is 0 Å². The Kier molecular flexibility index (Phi) is 13.9. The van der Waals surface area contributed by atoms with Gasteiger partial charge in [-0.1, -0.05) is 141 Å². The summed E-state index contributed by atoms with van der Waals surface area (Å²) in [6.07, 6.45) is 1.29. The highest BCUT2D eigenvalue weighted by Gasteiger charge is 2.38. The van der Waals surface area contributed by atoms with E-state index in [0.717, 1.165) is 34.9 Å². The SMILES string of the molecule is CCCC[Si](OCCNCCCN(C(=O)OCc1ccccc1)C(=O)OCc1ccccc1)(c1ccccc1)c1ccccc1. The molecule has 0 aliphatic carbocycles. The summed E-state index contributed by atoms with van der Waals surface area (Å²) in [4.78, 5) is 27.0. The van der Waals surface area contributed by atoms with Gasteiger partial charge in [-0.15, -0.1) is 0 Å². The second-order valence-electron chi connectivity index (χ2n) is 10.8. The van der Waals surface area contributed by atoms with Crippen LogP contribution in [-0.2, 0) is 27.1 Å². The molecule has 0 aromatic heterocycles. The Bertz CT molecular complexity index is 1310. The van der Waals surface area contributed by atoms with Crippen molar-refractivity contribution in [2.24, 2.45) is 0 Å². The molecular weight excluding hydrogens is 581 g/mol. The molecule has 0 saturated carbocycles. The van der Waals surface area contributed by atoms with Gasteiger partial charge in [-0.05, 0) is 40.5 Å². The van der Waals surface area contributed by atoms with E-state index in [4.69, 9.17) is 13.9 Å². The Hall–Kier alpha value is -4.24. The van der Waals surface area contributed by atoms with Gasteiger partial charge in [0, 0.05) is 19.7 Å². The zero-order valence-corrected chi connectivity index (χ0v) is 27.1. The Labute approximate surface area is 268 Å². The Morgan fingerprint density at radius 3 is 1.58 bits per heavy atom. The fourth-order valence-corrected chi connectivity index (χ4v) is 9.32. The molecule has 236 valence electrons. The van der Waals surface area contributed by atoms with Gasteiger partial charge in [0.25, 0.3) is 8.32 Å². The van der Waals surface area contributed by atoms with Crippen molar-refractivity contribution in [3.05, 3.63) is 132 Å². The molecule has 1 N–H and O–H groups in total. The molecule has 0 fully saturated rings. The summed E-state index contributed by atoms with van der Waals surface area (Å²) < 4.78 is 17.8. The highest BCUT2D eigenvalue weighted by molar-refractivity contribution is 6.97. The topological polar surface area (TPSA) is 77.1 Å². The molecule has 0 atom stereocenters. The van der Waals surface area contributed by atoms with Crippen molar-refractivity contribution in [1.29, 1.82) is 0 Å². The van der Waals surface area contributed by atoms with Crippen molar-refractivity contribution in [2.45, 2.75) is 45.4 Å². The number of hydrogen-bond donors (Lipinski definition) is 1. The molecule has 4 aromatic rings. The zero-order chi connectivity index (χ0) is 31.6. The monoisotopic (exact) mass is 624 g/mol. The first-order chi connectivity index (χ1) is 22.1. The van der Waals surface area contributed by atoms with Gasteiger partial charge in [-0.25, -0.2) is 14.5 Å². The van der Waals surface area contributed by atoms with Gasteiger partial charge in [0.2, 0.25) is 0 Å². The predicted octanol–water partition coefficient (Wildman–Crippen LogP) is 6.52. The Morgan fingerprint density at radius 1 is 0.644 bits per heavy atom. The van der Waals surface area contributed by atoms with Gasteiger partial charge in [-0.2, -0.15) is 0 Å². The lowest BCUT2D eigenvalue weighted by atomic mass is 10.2. The third-order valence-corrected chi connectivity index (χ3v) is 11.9. The van der Waals surface area contributed by atoms with Crippen molar-refractivity contribution < 1.29 is 23.5 Å². The van der Waals surface area contributed by atoms with E-state index in [-0.39, 0.29) is 19.8 Å². The van der Waals surface area contributed by atoms with Crippen LogP contribution in [0.2, 0.25) is 6.04 Å². The first kappa shape index (κ1) is 33.6. The Balaban J connectivity index is 1.31. The maximum atomic E-state index is 13.0. The largest absolute Gasteiger partial charge is 0.444 e. The fourth-order valence-electron chi connectivity index (χ4n) is 5.17. The van der Waals surface area contributed by atoms with Crippen LogP contribution in [0.3, 0.4) is 0 Å². The van der Waals surface area contributed by atoms with E-state index >= 15 is 0 Å². The molecule has 0 aliphatic heterocycles. The smallest absolute Gasteiger partial charge is 0.419 e. The molecule has 0 bridgehead atoms. The van der Waals surface area contributed by atoms with Crippen LogP contribution in [-0.4, -0.2) is 51.6 Å². The van der Waals surface area contributed by atoms with Gasteiger partial charge in [0.15, 0.2) is 0 Å². The number of benzene rings is 4. The van der Waals surface area contributed by atoms with Crippen molar-refractivity contribution in [3.8, 4) is 0 Å². The van der Waals surface area contributed by atoms with Crippen molar-refractivity contribution in [1.82, 2.24) is 10.2 Å². The van der Waals surface area contributed by atoms with E-state index in [9.17, 15) is 9.59 Å². The predicted molar refractivity (Wildman–Crippen MR) is 181 cm³/mol. The molecule has 0 spiro atoms. The molecule has 0 aliphatic rings. The average Bonchev–Trinajstić information content (AvgIpc) is 3.10. The highest BCUT2D eigenvalue weighted by Crippen LogP contribution is 2.17. The maximum absolute atomic E-state index is 13.0. The molecule has 4 rings (SSSR count). The molecule has 0 heterocycles. The van der Waals surface area contributed by atoms with Crippen LogP contribution >= 0.6 is 0 Å². The standard InChI is InChI=1S/C37H44N2O5Si/c1-2-3-29-45(34-21-12-6-13-22-34,35-23-14-7-15-24-35)44-28-26-38-25-16-27-39(36(40)42-30-32-17-8-4-9-18-32)37(41)43-31-33-19-10-5-11-20-33/h4-15,17-24,38H,2-3,16,25-31H2,1H3. The molecule has 45 heavy (non-hydrogen) atoms. The molecule has 0 saturated heterocycles. The summed E-state index contributed by atoms with van der Waals surface area (Å²) in [5.41, 5.74) is 1.68. The molecule has 8 heteroatoms. The molecule has 2 amide bonds. The van der Waals surface area contributed by atoms with Gasteiger partial charge >= 0.3 is 12.2 Å². The van der Waals surface area contributed by atoms with E-state index in [0.29, 0.717) is 26.1 Å². The minimum absolute atomic E-state index is 0.0736. The van der Waals surface area contributed by atoms with E-state index < -0.39 is 20.5 Å². The first-order valence-electron chi connectivity index (χ1n) is 15.8. The molecule has 0 radical (unpaired) electrons. The van der Waals surface area contributed by atoms with Crippen LogP contribution < -0.4 is 15.7 Å². The number of rotatable bonds is 17. The third-order valence-electron chi connectivity index (χ3n) is 7.58. The molecule has 0 unspecified atom stereocenters. The quantitative estimate of drug-likeness (QED) is 0.107. The second-order valence-corrected chi connectivity index (χ2v) is 14.4. The number of amides is 2. The summed E-state index contributed by atoms with van der Waals surface area (Å²) >= 11 is 0. The summed E-state index contributed by atoms with van der Waals surface area (Å²) in [5, 5.41) is 5.99. The van der Waals surface area contributed by atoms with E-state index in [1.807, 2.05) is 72.8 Å². The van der Waals surface area contributed by atoms with Crippen molar-refractivity contribution >= 4 is 30.9 Å². The summed E-state index contributed by atoms with van der Waals surface area (Å²) in [6, 6.07) is 41.0. The lowest BCUT2D eigenvalue weighted by Crippen LogP contribution is -2.61. The maximum Gasteiger partial charge on any atom is 0.419 e. The lowest BCUT2D eigenvalue weighted by Gasteiger charge is -2.33. The fraction of sp³-hybridized carbons (Fsp3) is 0.297. The van der Waals surface area contributed by atoms with Crippen LogP contribution in [0, 0.1) is 0 Å². The van der Waals surface area contributed by atoms with E-state index in [1.165, 1.54) is 10.4 Å². The number of nitrogens with one attached hydrogen (secondary N) is 1. The molecule has 4 aromatic carbocycles. The van der Waals surface area contributed by atoms with Crippen LogP contribution in [0.5, 0.6) is 0 Å². The van der Waals surface area contributed by atoms with E-state index in [2.05, 4.69) is 60.8 Å². The zero-order valence-electron chi connectivity index (χ0n) is 26.1. The van der Waals surface area contributed by atoms with Gasteiger partial charge in [-0.3, -0.25) is 0 Å². The number of carbonyl (C=O) groups excluding carboxylic acids is 2. The lowest BCUT2D eigenvalue weighted by molar-refractivity contribution is 0.0695. The average molecular weight is 625 g/mol. The number of nitrogens with zero attached hydrogens (tertiary/aromatic N) is 1. The number of hydrogen-bond acceptors (Lipinski definition) is 6. The minimum Gasteiger partial charge on any atom is -0.444 e. The van der Waals surface area contributed by atoms with Crippen molar-refractivity contribution in [2.75, 3.05) is 26.2 Å². The van der Waals surface area contributed by atoms with E-state index in [1.54, 1.807) is 0 Å². The van der Waals surface area contributed by atoms with Gasteiger partial charge < -0.3 is 19.2 Å². The number of imide groups is 1. The van der Waals surface area contributed by atoms with Crippen molar-refractivity contribution in [3.63, 3.8) is 0 Å². The van der Waals surface area contributed by atoms with Crippen LogP contribution in [0.15, 0.2) is 121 Å². The number of unbranched alkanes of at least 4 members (excludes halogenated alkanes) is 1. The molecular formula is C37H44N2O5Si. The third kappa shape index (κ3) is 10.4. The normalized spacial score (nSPS) is 11.1. The number of ether oxygens (including phenoxy) is 2.